The van der Waals surface area contributed by atoms with Crippen molar-refractivity contribution >= 4 is 0 Å². The lowest BCUT2D eigenvalue weighted by molar-refractivity contribution is 0.760. The third-order valence-electron chi connectivity index (χ3n) is 3.15. The molecule has 0 heterocycles. The van der Waals surface area contributed by atoms with Crippen LogP contribution in [0.4, 0.5) is 0 Å². The van der Waals surface area contributed by atoms with Gasteiger partial charge in [0.15, 0.2) is 0 Å². The first-order chi connectivity index (χ1) is 7.56. The van der Waals surface area contributed by atoms with E-state index in [9.17, 15) is 0 Å². The Hall–Kier alpha value is -0.780. The van der Waals surface area contributed by atoms with Gasteiger partial charge in [0.1, 0.15) is 0 Å². The smallest absolute Gasteiger partial charge is 0.0143 e. The quantitative estimate of drug-likeness (QED) is 0.645. The average molecular weight is 217 g/mol. The summed E-state index contributed by atoms with van der Waals surface area (Å²) in [5.41, 5.74) is 4.35. The lowest BCUT2D eigenvalue weighted by Crippen LogP contribution is -2.00. The van der Waals surface area contributed by atoms with Crippen molar-refractivity contribution < 1.29 is 0 Å². The van der Waals surface area contributed by atoms with Gasteiger partial charge in [-0.3, -0.25) is 0 Å². The number of unbranched alkanes of at least 4 members (excludes halogenated alkanes) is 1. The maximum atomic E-state index is 3.50. The molecule has 0 amide bonds. The SMILES string of the molecule is CCCCc1[c]cc(C(C)C)cc1C(C)C. The largest absolute Gasteiger partial charge is 0.0654 e. The van der Waals surface area contributed by atoms with Crippen molar-refractivity contribution in [3.05, 3.63) is 34.9 Å². The van der Waals surface area contributed by atoms with Gasteiger partial charge >= 0.3 is 0 Å². The molecule has 0 fully saturated rings. The van der Waals surface area contributed by atoms with Gasteiger partial charge in [0, 0.05) is 0 Å². The van der Waals surface area contributed by atoms with Gasteiger partial charge in [-0.05, 0) is 47.4 Å². The molecule has 0 nitrogen and oxygen atoms in total. The fourth-order valence-corrected chi connectivity index (χ4v) is 1.98. The molecule has 0 saturated heterocycles. The summed E-state index contributed by atoms with van der Waals surface area (Å²) in [7, 11) is 0. The molecule has 0 heteroatoms. The van der Waals surface area contributed by atoms with Crippen LogP contribution < -0.4 is 0 Å². The summed E-state index contributed by atoms with van der Waals surface area (Å²) in [6, 6.07) is 8.07. The van der Waals surface area contributed by atoms with E-state index in [0.717, 1.165) is 0 Å². The van der Waals surface area contributed by atoms with Crippen LogP contribution in [0.25, 0.3) is 0 Å². The number of benzene rings is 1. The maximum Gasteiger partial charge on any atom is -0.0143 e. The Kier molecular flexibility index (Phi) is 5.05. The first kappa shape index (κ1) is 13.3. The van der Waals surface area contributed by atoms with Gasteiger partial charge < -0.3 is 0 Å². The fourth-order valence-electron chi connectivity index (χ4n) is 1.98. The molecular weight excluding hydrogens is 192 g/mol. The minimum atomic E-state index is 0.606. The van der Waals surface area contributed by atoms with Crippen LogP contribution in [-0.2, 0) is 6.42 Å². The third-order valence-corrected chi connectivity index (χ3v) is 3.15. The van der Waals surface area contributed by atoms with Crippen LogP contribution in [0.15, 0.2) is 12.1 Å². The molecule has 89 valence electrons. The molecule has 16 heavy (non-hydrogen) atoms. The molecule has 1 radical (unpaired) electrons. The van der Waals surface area contributed by atoms with E-state index >= 15 is 0 Å². The summed E-state index contributed by atoms with van der Waals surface area (Å²) in [4.78, 5) is 0. The maximum absolute atomic E-state index is 3.50. The van der Waals surface area contributed by atoms with Crippen molar-refractivity contribution in [3.8, 4) is 0 Å². The fraction of sp³-hybridized carbons (Fsp3) is 0.625. The predicted octanol–water partition coefficient (Wildman–Crippen LogP) is 5.08. The summed E-state index contributed by atoms with van der Waals surface area (Å²) in [5, 5.41) is 0. The lowest BCUT2D eigenvalue weighted by atomic mass is 9.89. The van der Waals surface area contributed by atoms with E-state index in [1.807, 2.05) is 0 Å². The van der Waals surface area contributed by atoms with E-state index in [2.05, 4.69) is 52.8 Å². The van der Waals surface area contributed by atoms with Crippen molar-refractivity contribution in [3.63, 3.8) is 0 Å². The second-order valence-electron chi connectivity index (χ2n) is 5.28. The zero-order valence-corrected chi connectivity index (χ0v) is 11.4. The van der Waals surface area contributed by atoms with Crippen molar-refractivity contribution in [2.45, 2.75) is 65.7 Å². The molecule has 0 aliphatic heterocycles. The highest BCUT2D eigenvalue weighted by Gasteiger charge is 2.09. The van der Waals surface area contributed by atoms with E-state index in [-0.39, 0.29) is 0 Å². The van der Waals surface area contributed by atoms with Crippen LogP contribution in [0, 0.1) is 6.07 Å². The Bertz CT molecular complexity index is 321. The van der Waals surface area contributed by atoms with Gasteiger partial charge in [-0.15, -0.1) is 0 Å². The van der Waals surface area contributed by atoms with Crippen LogP contribution in [0.5, 0.6) is 0 Å². The number of aryl methyl sites for hydroxylation is 1. The Morgan fingerprint density at radius 2 is 1.81 bits per heavy atom. The van der Waals surface area contributed by atoms with Gasteiger partial charge in [-0.1, -0.05) is 53.2 Å². The van der Waals surface area contributed by atoms with Crippen molar-refractivity contribution in [2.75, 3.05) is 0 Å². The van der Waals surface area contributed by atoms with Crippen molar-refractivity contribution in [1.82, 2.24) is 0 Å². The molecular formula is C16H25. The normalized spacial score (nSPS) is 11.4. The second kappa shape index (κ2) is 6.08. The van der Waals surface area contributed by atoms with Crippen LogP contribution in [0.2, 0.25) is 0 Å². The first-order valence-electron chi connectivity index (χ1n) is 6.60. The van der Waals surface area contributed by atoms with E-state index in [1.165, 1.54) is 36.0 Å². The molecule has 0 unspecified atom stereocenters. The van der Waals surface area contributed by atoms with Gasteiger partial charge in [-0.25, -0.2) is 0 Å². The molecule has 0 aliphatic rings. The van der Waals surface area contributed by atoms with Gasteiger partial charge in [-0.2, -0.15) is 0 Å². The summed E-state index contributed by atoms with van der Waals surface area (Å²) in [5.74, 6) is 1.22. The van der Waals surface area contributed by atoms with E-state index in [0.29, 0.717) is 11.8 Å². The molecule has 0 atom stereocenters. The highest BCUT2D eigenvalue weighted by Crippen LogP contribution is 2.25. The summed E-state index contributed by atoms with van der Waals surface area (Å²) >= 11 is 0. The molecule has 0 N–H and O–H groups in total. The van der Waals surface area contributed by atoms with Crippen LogP contribution in [0.3, 0.4) is 0 Å². The Labute approximate surface area is 101 Å². The first-order valence-corrected chi connectivity index (χ1v) is 6.60. The topological polar surface area (TPSA) is 0 Å². The summed E-state index contributed by atoms with van der Waals surface area (Å²) < 4.78 is 0. The zero-order chi connectivity index (χ0) is 12.1. The number of hydrogen-bond donors (Lipinski definition) is 0. The molecule has 1 rings (SSSR count). The lowest BCUT2D eigenvalue weighted by Gasteiger charge is -2.15. The molecule has 1 aromatic rings. The zero-order valence-electron chi connectivity index (χ0n) is 11.4. The molecule has 0 aliphatic carbocycles. The predicted molar refractivity (Wildman–Crippen MR) is 72.1 cm³/mol. The minimum absolute atomic E-state index is 0.606. The van der Waals surface area contributed by atoms with Crippen molar-refractivity contribution in [2.24, 2.45) is 0 Å². The molecule has 0 aromatic heterocycles. The Morgan fingerprint density at radius 3 is 2.31 bits per heavy atom. The van der Waals surface area contributed by atoms with E-state index in [1.54, 1.807) is 0 Å². The second-order valence-corrected chi connectivity index (χ2v) is 5.28. The molecule has 0 bridgehead atoms. The summed E-state index contributed by atoms with van der Waals surface area (Å²) in [6.45, 7) is 11.3. The Balaban J connectivity index is 2.99. The Morgan fingerprint density at radius 1 is 1.12 bits per heavy atom. The number of hydrogen-bond acceptors (Lipinski definition) is 0. The van der Waals surface area contributed by atoms with Gasteiger partial charge in [0.2, 0.25) is 0 Å². The minimum Gasteiger partial charge on any atom is -0.0654 e. The summed E-state index contributed by atoms with van der Waals surface area (Å²) in [6.07, 6.45) is 3.72. The monoisotopic (exact) mass is 217 g/mol. The van der Waals surface area contributed by atoms with E-state index in [4.69, 9.17) is 0 Å². The van der Waals surface area contributed by atoms with Gasteiger partial charge in [0.25, 0.3) is 0 Å². The molecule has 0 spiro atoms. The van der Waals surface area contributed by atoms with Crippen LogP contribution in [0.1, 0.15) is 76.0 Å². The van der Waals surface area contributed by atoms with Gasteiger partial charge in [0.05, 0.1) is 0 Å². The highest BCUT2D eigenvalue weighted by molar-refractivity contribution is 5.34. The molecule has 1 aromatic carbocycles. The van der Waals surface area contributed by atoms with Crippen molar-refractivity contribution in [1.29, 1.82) is 0 Å². The standard InChI is InChI=1S/C16H25/c1-6-7-8-14-9-10-15(12(2)3)11-16(14)13(4)5/h10-13H,6-8H2,1-5H3. The third kappa shape index (κ3) is 3.37. The number of rotatable bonds is 5. The van der Waals surface area contributed by atoms with Crippen LogP contribution >= 0.6 is 0 Å². The molecule has 0 saturated carbocycles. The van der Waals surface area contributed by atoms with E-state index < -0.39 is 0 Å². The van der Waals surface area contributed by atoms with Crippen LogP contribution in [-0.4, -0.2) is 0 Å². The highest BCUT2D eigenvalue weighted by atomic mass is 14.1. The average Bonchev–Trinajstić information content (AvgIpc) is 2.25.